The van der Waals surface area contributed by atoms with E-state index in [1.54, 1.807) is 0 Å². The van der Waals surface area contributed by atoms with Gasteiger partial charge in [0.15, 0.2) is 9.84 Å². The molecule has 0 saturated carbocycles. The molecule has 0 aromatic carbocycles. The zero-order valence-electron chi connectivity index (χ0n) is 9.21. The Kier molecular flexibility index (Phi) is 3.52. The fraction of sp³-hybridized carbons (Fsp3) is 0.444. The molecule has 1 saturated heterocycles. The number of hydrogen-bond acceptors (Lipinski definition) is 5. The second kappa shape index (κ2) is 4.67. The molecule has 1 atom stereocenters. The highest BCUT2D eigenvalue weighted by molar-refractivity contribution is 7.97. The third-order valence-corrected chi connectivity index (χ3v) is 6.74. The summed E-state index contributed by atoms with van der Waals surface area (Å²) in [6, 6.07) is 1.45. The molecule has 9 heteroatoms. The van der Waals surface area contributed by atoms with E-state index in [-0.39, 0.29) is 28.6 Å². The lowest BCUT2D eigenvalue weighted by Gasteiger charge is -2.12. The summed E-state index contributed by atoms with van der Waals surface area (Å²) in [4.78, 5) is 3.76. The van der Waals surface area contributed by atoms with Gasteiger partial charge in [0.2, 0.25) is 10.0 Å². The van der Waals surface area contributed by atoms with Crippen molar-refractivity contribution in [2.75, 3.05) is 16.2 Å². The van der Waals surface area contributed by atoms with Crippen LogP contribution in [0.3, 0.4) is 0 Å². The van der Waals surface area contributed by atoms with Crippen molar-refractivity contribution in [1.29, 1.82) is 0 Å². The molecular weight excluding hydrogens is 300 g/mol. The van der Waals surface area contributed by atoms with Gasteiger partial charge in [0.1, 0.15) is 0 Å². The molecule has 0 radical (unpaired) electrons. The molecule has 0 bridgehead atoms. The number of pyridine rings is 1. The Bertz CT molecular complexity index is 657. The number of nitrogens with zero attached hydrogens (tertiary/aromatic N) is 1. The monoisotopic (exact) mass is 310 g/mol. The molecule has 1 fully saturated rings. The Morgan fingerprint density at radius 3 is 2.72 bits per heavy atom. The molecule has 1 aliphatic heterocycles. The van der Waals surface area contributed by atoms with Crippen LogP contribution < -0.4 is 4.72 Å². The van der Waals surface area contributed by atoms with Crippen molar-refractivity contribution in [2.45, 2.75) is 11.7 Å². The largest absolute Gasteiger partial charge is 0.280 e. The van der Waals surface area contributed by atoms with Gasteiger partial charge in [-0.3, -0.25) is 9.71 Å². The van der Waals surface area contributed by atoms with Crippen LogP contribution in [0.4, 0.5) is 5.69 Å². The number of halogens is 1. The van der Waals surface area contributed by atoms with E-state index in [0.29, 0.717) is 0 Å². The van der Waals surface area contributed by atoms with Crippen LogP contribution in [0.2, 0.25) is 5.02 Å². The van der Waals surface area contributed by atoms with Crippen molar-refractivity contribution in [3.05, 3.63) is 23.5 Å². The van der Waals surface area contributed by atoms with E-state index in [4.69, 9.17) is 11.6 Å². The van der Waals surface area contributed by atoms with Crippen LogP contribution >= 0.6 is 11.6 Å². The zero-order valence-corrected chi connectivity index (χ0v) is 11.6. The van der Waals surface area contributed by atoms with Gasteiger partial charge in [-0.05, 0) is 12.5 Å². The Morgan fingerprint density at radius 1 is 1.44 bits per heavy atom. The summed E-state index contributed by atoms with van der Waals surface area (Å²) in [5, 5.41) is -0.715. The van der Waals surface area contributed by atoms with Crippen molar-refractivity contribution in [3.8, 4) is 0 Å². The third kappa shape index (κ3) is 2.93. The van der Waals surface area contributed by atoms with Crippen molar-refractivity contribution in [3.63, 3.8) is 0 Å². The highest BCUT2D eigenvalue weighted by atomic mass is 35.5. The maximum absolute atomic E-state index is 12.0. The molecule has 18 heavy (non-hydrogen) atoms. The molecule has 0 spiro atoms. The number of sulfonamides is 1. The number of rotatable bonds is 3. The minimum atomic E-state index is -3.76. The molecule has 2 heterocycles. The zero-order chi connectivity index (χ0) is 13.4. The minimum Gasteiger partial charge on any atom is -0.280 e. The van der Waals surface area contributed by atoms with Gasteiger partial charge >= 0.3 is 0 Å². The van der Waals surface area contributed by atoms with E-state index in [1.165, 1.54) is 18.5 Å². The van der Waals surface area contributed by atoms with E-state index in [1.807, 2.05) is 0 Å². The summed E-state index contributed by atoms with van der Waals surface area (Å²) in [5.41, 5.74) is 0.156. The molecule has 1 aromatic heterocycles. The highest BCUT2D eigenvalue weighted by Gasteiger charge is 2.37. The Balaban J connectivity index is 2.21. The maximum Gasteiger partial charge on any atom is 0.236 e. The molecular formula is C9H11ClN2O4S2. The van der Waals surface area contributed by atoms with Gasteiger partial charge in [-0.2, -0.15) is 0 Å². The molecule has 1 unspecified atom stereocenters. The average Bonchev–Trinajstić information content (AvgIpc) is 2.63. The molecule has 1 aromatic rings. The Labute approximate surface area is 110 Å². The fourth-order valence-electron chi connectivity index (χ4n) is 1.69. The molecule has 6 nitrogen and oxygen atoms in total. The standard InChI is InChI=1S/C9H11ClN2O4S2/c10-8-1-3-11-5-9(8)12-18(15,16)7-2-4-17(13,14)6-7/h1,3,5,7,12H,2,4,6H2. The van der Waals surface area contributed by atoms with Gasteiger partial charge in [-0.1, -0.05) is 11.6 Å². The van der Waals surface area contributed by atoms with Gasteiger partial charge in [-0.15, -0.1) is 0 Å². The van der Waals surface area contributed by atoms with Gasteiger partial charge in [0.05, 0.1) is 33.7 Å². The topological polar surface area (TPSA) is 93.2 Å². The molecule has 0 amide bonds. The number of nitrogens with one attached hydrogen (secondary N) is 1. The predicted molar refractivity (Wildman–Crippen MR) is 68.8 cm³/mol. The lowest BCUT2D eigenvalue weighted by molar-refractivity contribution is 0.587. The number of aromatic nitrogens is 1. The smallest absolute Gasteiger partial charge is 0.236 e. The SMILES string of the molecule is O=S1(=O)CCC(S(=O)(=O)Nc2cnccc2Cl)C1. The third-order valence-electron chi connectivity index (χ3n) is 2.65. The van der Waals surface area contributed by atoms with E-state index in [0.717, 1.165) is 0 Å². The van der Waals surface area contributed by atoms with Gasteiger partial charge < -0.3 is 0 Å². The van der Waals surface area contributed by atoms with Gasteiger partial charge in [0, 0.05) is 6.20 Å². The number of sulfone groups is 1. The molecule has 0 aliphatic carbocycles. The summed E-state index contributed by atoms with van der Waals surface area (Å²) in [6.45, 7) is 0. The van der Waals surface area contributed by atoms with Gasteiger partial charge in [-0.25, -0.2) is 16.8 Å². The first-order chi connectivity index (χ1) is 8.30. The number of anilines is 1. The van der Waals surface area contributed by atoms with E-state index in [9.17, 15) is 16.8 Å². The summed E-state index contributed by atoms with van der Waals surface area (Å²) < 4.78 is 48.8. The van der Waals surface area contributed by atoms with Crippen molar-refractivity contribution in [2.24, 2.45) is 0 Å². The second-order valence-corrected chi connectivity index (χ2v) is 8.62. The summed E-state index contributed by atoms with van der Waals surface area (Å²) in [6.07, 6.45) is 2.82. The van der Waals surface area contributed by atoms with Crippen LogP contribution in [-0.2, 0) is 19.9 Å². The van der Waals surface area contributed by atoms with Gasteiger partial charge in [0.25, 0.3) is 0 Å². The molecule has 1 aliphatic rings. The molecule has 2 rings (SSSR count). The quantitative estimate of drug-likeness (QED) is 0.885. The first-order valence-electron chi connectivity index (χ1n) is 5.12. The molecule has 1 N–H and O–H groups in total. The van der Waals surface area contributed by atoms with Crippen LogP contribution in [0.5, 0.6) is 0 Å². The highest BCUT2D eigenvalue weighted by Crippen LogP contribution is 2.25. The average molecular weight is 311 g/mol. The van der Waals surface area contributed by atoms with E-state index in [2.05, 4.69) is 9.71 Å². The molecule has 100 valence electrons. The first-order valence-corrected chi connectivity index (χ1v) is 8.86. The van der Waals surface area contributed by atoms with E-state index < -0.39 is 25.1 Å². The summed E-state index contributed by atoms with van der Waals surface area (Å²) in [5.74, 6) is -0.445. The van der Waals surface area contributed by atoms with Crippen LogP contribution in [0.1, 0.15) is 6.42 Å². The lowest BCUT2D eigenvalue weighted by atomic mass is 10.4. The van der Waals surface area contributed by atoms with Crippen LogP contribution in [0.25, 0.3) is 0 Å². The van der Waals surface area contributed by atoms with Crippen LogP contribution in [0, 0.1) is 0 Å². The predicted octanol–water partition coefficient (Wildman–Crippen LogP) is 0.664. The second-order valence-electron chi connectivity index (χ2n) is 4.03. The Hall–Kier alpha value is -0.860. The minimum absolute atomic E-state index is 0.0979. The van der Waals surface area contributed by atoms with Crippen molar-refractivity contribution in [1.82, 2.24) is 4.98 Å². The van der Waals surface area contributed by atoms with Crippen LogP contribution in [0.15, 0.2) is 18.5 Å². The van der Waals surface area contributed by atoms with E-state index >= 15 is 0 Å². The first kappa shape index (κ1) is 13.6. The van der Waals surface area contributed by atoms with Crippen LogP contribution in [-0.4, -0.2) is 38.6 Å². The summed E-state index contributed by atoms with van der Waals surface area (Å²) >= 11 is 5.81. The Morgan fingerprint density at radius 2 is 2.17 bits per heavy atom. The van der Waals surface area contributed by atoms with Crippen molar-refractivity contribution >= 4 is 37.1 Å². The normalized spacial score (nSPS) is 22.8. The number of hydrogen-bond donors (Lipinski definition) is 1. The fourth-order valence-corrected chi connectivity index (χ4v) is 6.00. The summed E-state index contributed by atoms with van der Waals surface area (Å²) in [7, 11) is -7.01. The maximum atomic E-state index is 12.0. The lowest BCUT2D eigenvalue weighted by Crippen LogP contribution is -2.29. The van der Waals surface area contributed by atoms with Crippen molar-refractivity contribution < 1.29 is 16.8 Å².